The second kappa shape index (κ2) is 11.4. The maximum atomic E-state index is 13.7. The lowest BCUT2D eigenvalue weighted by molar-refractivity contribution is 0.0628. The molecule has 6 rings (SSSR count). The van der Waals surface area contributed by atoms with Gasteiger partial charge in [0, 0.05) is 50.2 Å². The van der Waals surface area contributed by atoms with Crippen molar-refractivity contribution in [2.45, 2.75) is 56.7 Å². The Morgan fingerprint density at radius 3 is 2.46 bits per heavy atom. The highest BCUT2D eigenvalue weighted by molar-refractivity contribution is 7.92. The normalized spacial score (nSPS) is 20.9. The molecule has 2 fully saturated rings. The maximum absolute atomic E-state index is 13.7. The summed E-state index contributed by atoms with van der Waals surface area (Å²) in [6, 6.07) is 18.0. The van der Waals surface area contributed by atoms with Crippen LogP contribution in [0.4, 0.5) is 5.69 Å². The number of amides is 1. The first-order valence-electron chi connectivity index (χ1n) is 14.7. The van der Waals surface area contributed by atoms with Crippen molar-refractivity contribution in [3.63, 3.8) is 0 Å². The summed E-state index contributed by atoms with van der Waals surface area (Å²) in [4.78, 5) is 21.8. The van der Waals surface area contributed by atoms with Crippen LogP contribution in [0.3, 0.4) is 0 Å². The van der Waals surface area contributed by atoms with E-state index >= 15 is 0 Å². The molecular formula is C32H38N4O4S. The van der Waals surface area contributed by atoms with Gasteiger partial charge in [0.2, 0.25) is 10.0 Å². The van der Waals surface area contributed by atoms with Gasteiger partial charge in [-0.25, -0.2) is 8.42 Å². The molecule has 2 aliphatic carbocycles. The summed E-state index contributed by atoms with van der Waals surface area (Å²) in [6.07, 6.45) is 8.84. The molecule has 0 radical (unpaired) electrons. The lowest BCUT2D eigenvalue weighted by atomic mass is 9.64. The number of anilines is 1. The molecule has 2 N–H and O–H groups in total. The quantitative estimate of drug-likeness (QED) is 0.424. The van der Waals surface area contributed by atoms with Crippen molar-refractivity contribution in [1.29, 1.82) is 0 Å². The third kappa shape index (κ3) is 6.11. The van der Waals surface area contributed by atoms with E-state index in [1.165, 1.54) is 6.42 Å². The number of nitrogens with zero attached hydrogens (tertiary/aromatic N) is 3. The topological polar surface area (TPSA) is 103 Å². The van der Waals surface area contributed by atoms with Crippen molar-refractivity contribution in [1.82, 2.24) is 14.8 Å². The molecule has 1 atom stereocenters. The Bertz CT molecular complexity index is 1490. The van der Waals surface area contributed by atoms with Gasteiger partial charge in [-0.2, -0.15) is 0 Å². The fourth-order valence-electron chi connectivity index (χ4n) is 6.92. The summed E-state index contributed by atoms with van der Waals surface area (Å²) in [5.41, 5.74) is 3.80. The van der Waals surface area contributed by atoms with Crippen LogP contribution in [0.2, 0.25) is 0 Å². The van der Waals surface area contributed by atoms with Crippen LogP contribution in [0.15, 0.2) is 66.9 Å². The average molecular weight is 575 g/mol. The standard InChI is InChI=1S/C32H38N4O4S/c37-28-8-4-6-24(20-28)23-35-16-18-36(19-17-35)31(38)25-9-11-27(12-10-25)34-41(39,40)29-22-32(13-2-1-3-14-32)21-26-7-5-15-33-30(26)29/h4-12,15,20,29,34,37H,1-3,13-14,16-19,21-23H2. The Kier molecular flexibility index (Phi) is 7.74. The Hall–Kier alpha value is -3.43. The number of pyridine rings is 1. The lowest BCUT2D eigenvalue weighted by Gasteiger charge is -2.43. The number of phenols is 1. The number of phenolic OH excluding ortho intramolecular Hbond substituents is 1. The number of hydrogen-bond donors (Lipinski definition) is 2. The molecule has 1 unspecified atom stereocenters. The monoisotopic (exact) mass is 574 g/mol. The number of piperazine rings is 1. The molecule has 1 spiro atoms. The van der Waals surface area contributed by atoms with Gasteiger partial charge in [-0.1, -0.05) is 37.5 Å². The largest absolute Gasteiger partial charge is 0.508 e. The summed E-state index contributed by atoms with van der Waals surface area (Å²) < 4.78 is 30.3. The number of carbonyl (C=O) groups is 1. The highest BCUT2D eigenvalue weighted by atomic mass is 32.2. The number of sulfonamides is 1. The predicted octanol–water partition coefficient (Wildman–Crippen LogP) is 5.12. The number of carbonyl (C=O) groups excluding carboxylic acids is 1. The summed E-state index contributed by atoms with van der Waals surface area (Å²) in [6.45, 7) is 3.45. The molecule has 3 aromatic rings. The molecule has 1 aliphatic heterocycles. The zero-order valence-corrected chi connectivity index (χ0v) is 24.2. The smallest absolute Gasteiger partial charge is 0.253 e. The van der Waals surface area contributed by atoms with E-state index in [4.69, 9.17) is 0 Å². The van der Waals surface area contributed by atoms with Crippen molar-refractivity contribution in [2.75, 3.05) is 30.9 Å². The van der Waals surface area contributed by atoms with Crippen molar-refractivity contribution in [2.24, 2.45) is 5.41 Å². The first-order chi connectivity index (χ1) is 19.8. The molecule has 1 saturated carbocycles. The molecule has 8 nitrogen and oxygen atoms in total. The summed E-state index contributed by atoms with van der Waals surface area (Å²) in [5, 5.41) is 9.02. The van der Waals surface area contributed by atoms with Gasteiger partial charge in [0.05, 0.1) is 5.69 Å². The van der Waals surface area contributed by atoms with Crippen molar-refractivity contribution >= 4 is 21.6 Å². The van der Waals surface area contributed by atoms with Crippen molar-refractivity contribution < 1.29 is 18.3 Å². The molecule has 41 heavy (non-hydrogen) atoms. The van der Waals surface area contributed by atoms with Gasteiger partial charge in [0.25, 0.3) is 5.91 Å². The number of aromatic nitrogens is 1. The Labute approximate surface area is 242 Å². The number of aromatic hydroxyl groups is 1. The van der Waals surface area contributed by atoms with E-state index in [0.29, 0.717) is 36.5 Å². The SMILES string of the molecule is O=C(c1ccc(NS(=O)(=O)C2CC3(CCCCC3)Cc3cccnc32)cc1)N1CCN(Cc2cccc(O)c2)CC1. The van der Waals surface area contributed by atoms with Gasteiger partial charge in [-0.05, 0) is 84.7 Å². The van der Waals surface area contributed by atoms with E-state index in [9.17, 15) is 18.3 Å². The molecule has 2 aromatic carbocycles. The van der Waals surface area contributed by atoms with Crippen LogP contribution in [-0.4, -0.2) is 60.4 Å². The zero-order valence-electron chi connectivity index (χ0n) is 23.3. The maximum Gasteiger partial charge on any atom is 0.253 e. The number of nitrogens with one attached hydrogen (secondary N) is 1. The Morgan fingerprint density at radius 1 is 0.976 bits per heavy atom. The van der Waals surface area contributed by atoms with Gasteiger partial charge < -0.3 is 10.0 Å². The molecule has 9 heteroatoms. The Morgan fingerprint density at radius 2 is 1.73 bits per heavy atom. The minimum absolute atomic E-state index is 0.0247. The molecule has 216 valence electrons. The highest BCUT2D eigenvalue weighted by Gasteiger charge is 2.45. The van der Waals surface area contributed by atoms with Crippen LogP contribution < -0.4 is 4.72 Å². The van der Waals surface area contributed by atoms with E-state index in [0.717, 1.165) is 62.9 Å². The zero-order chi connectivity index (χ0) is 28.5. The van der Waals surface area contributed by atoms with E-state index < -0.39 is 15.3 Å². The molecule has 3 aliphatic rings. The van der Waals surface area contributed by atoms with Crippen LogP contribution >= 0.6 is 0 Å². The first kappa shape index (κ1) is 27.7. The molecule has 1 saturated heterocycles. The van der Waals surface area contributed by atoms with Gasteiger partial charge >= 0.3 is 0 Å². The van der Waals surface area contributed by atoms with E-state index in [1.807, 2.05) is 29.2 Å². The third-order valence-electron chi connectivity index (χ3n) is 9.07. The van der Waals surface area contributed by atoms with Crippen molar-refractivity contribution in [3.05, 3.63) is 89.2 Å². The van der Waals surface area contributed by atoms with E-state index in [2.05, 4.69) is 14.6 Å². The minimum atomic E-state index is -3.74. The first-order valence-corrected chi connectivity index (χ1v) is 16.2. The highest BCUT2D eigenvalue weighted by Crippen LogP contribution is 2.51. The molecule has 1 aromatic heterocycles. The number of benzene rings is 2. The van der Waals surface area contributed by atoms with Crippen LogP contribution in [-0.2, 0) is 23.0 Å². The Balaban J connectivity index is 1.10. The van der Waals surface area contributed by atoms with Crippen LogP contribution in [0.5, 0.6) is 5.75 Å². The molecular weight excluding hydrogens is 536 g/mol. The summed E-state index contributed by atoms with van der Waals surface area (Å²) in [5.74, 6) is 0.205. The second-order valence-corrected chi connectivity index (χ2v) is 13.8. The fourth-order valence-corrected chi connectivity index (χ4v) is 8.60. The van der Waals surface area contributed by atoms with Crippen LogP contribution in [0.1, 0.15) is 71.0 Å². The predicted molar refractivity (Wildman–Crippen MR) is 159 cm³/mol. The fraction of sp³-hybridized carbons (Fsp3) is 0.438. The van der Waals surface area contributed by atoms with Gasteiger partial charge in [-0.15, -0.1) is 0 Å². The number of hydrogen-bond acceptors (Lipinski definition) is 6. The summed E-state index contributed by atoms with van der Waals surface area (Å²) >= 11 is 0. The summed E-state index contributed by atoms with van der Waals surface area (Å²) in [7, 11) is -3.74. The van der Waals surface area contributed by atoms with E-state index in [1.54, 1.807) is 42.6 Å². The van der Waals surface area contributed by atoms with Gasteiger partial charge in [-0.3, -0.25) is 19.4 Å². The van der Waals surface area contributed by atoms with Gasteiger partial charge in [0.1, 0.15) is 11.0 Å². The average Bonchev–Trinajstić information content (AvgIpc) is 2.97. The van der Waals surface area contributed by atoms with Crippen molar-refractivity contribution in [3.8, 4) is 5.75 Å². The van der Waals surface area contributed by atoms with Gasteiger partial charge in [0.15, 0.2) is 0 Å². The van der Waals surface area contributed by atoms with Crippen LogP contribution in [0.25, 0.3) is 0 Å². The molecule has 0 bridgehead atoms. The molecule has 2 heterocycles. The number of fused-ring (bicyclic) bond motifs is 1. The van der Waals surface area contributed by atoms with Crippen LogP contribution in [0, 0.1) is 5.41 Å². The molecule has 1 amide bonds. The third-order valence-corrected chi connectivity index (χ3v) is 10.7. The second-order valence-electron chi connectivity index (χ2n) is 11.9. The lowest BCUT2D eigenvalue weighted by Crippen LogP contribution is -2.48. The van der Waals surface area contributed by atoms with E-state index in [-0.39, 0.29) is 17.1 Å². The number of rotatable bonds is 6. The minimum Gasteiger partial charge on any atom is -0.508 e.